The van der Waals surface area contributed by atoms with Crippen molar-refractivity contribution in [3.63, 3.8) is 0 Å². The van der Waals surface area contributed by atoms with E-state index in [0.717, 1.165) is 28.0 Å². The van der Waals surface area contributed by atoms with Gasteiger partial charge in [-0.05, 0) is 36.8 Å². The van der Waals surface area contributed by atoms with Crippen LogP contribution in [0.1, 0.15) is 11.3 Å². The maximum atomic E-state index is 6.11. The molecule has 3 aromatic rings. The quantitative estimate of drug-likeness (QED) is 0.671. The molecule has 0 saturated heterocycles. The lowest BCUT2D eigenvalue weighted by Crippen LogP contribution is -1.95. The first-order chi connectivity index (χ1) is 9.24. The predicted octanol–water partition coefficient (Wildman–Crippen LogP) is 4.97. The minimum absolute atomic E-state index is 0.399. The lowest BCUT2D eigenvalue weighted by atomic mass is 10.2. The Balaban J connectivity index is 1.83. The number of fused-ring (bicyclic) bond motifs is 1. The van der Waals surface area contributed by atoms with Crippen molar-refractivity contribution in [3.05, 3.63) is 64.9 Å². The summed E-state index contributed by atoms with van der Waals surface area (Å²) in [6, 6.07) is 15.5. The molecule has 0 spiro atoms. The molecule has 3 heteroatoms. The van der Waals surface area contributed by atoms with Gasteiger partial charge in [0.2, 0.25) is 0 Å². The molecular formula is C16H13ClO2. The highest BCUT2D eigenvalue weighted by molar-refractivity contribution is 6.35. The highest BCUT2D eigenvalue weighted by Crippen LogP contribution is 2.27. The maximum absolute atomic E-state index is 6.11. The van der Waals surface area contributed by atoms with Gasteiger partial charge < -0.3 is 9.15 Å². The minimum atomic E-state index is 0.399. The van der Waals surface area contributed by atoms with Crippen LogP contribution in [-0.4, -0.2) is 0 Å². The summed E-state index contributed by atoms with van der Waals surface area (Å²) in [6.45, 7) is 2.42. The van der Waals surface area contributed by atoms with Crippen molar-refractivity contribution in [3.8, 4) is 5.75 Å². The fourth-order valence-electron chi connectivity index (χ4n) is 2.02. The zero-order valence-electron chi connectivity index (χ0n) is 10.5. The van der Waals surface area contributed by atoms with E-state index in [-0.39, 0.29) is 0 Å². The van der Waals surface area contributed by atoms with Gasteiger partial charge in [0, 0.05) is 5.39 Å². The monoisotopic (exact) mass is 272 g/mol. The van der Waals surface area contributed by atoms with Crippen molar-refractivity contribution in [1.82, 2.24) is 0 Å². The van der Waals surface area contributed by atoms with Crippen molar-refractivity contribution in [2.24, 2.45) is 0 Å². The molecule has 0 N–H and O–H groups in total. The van der Waals surface area contributed by atoms with Crippen molar-refractivity contribution in [2.75, 3.05) is 0 Å². The molecule has 2 nitrogen and oxygen atoms in total. The Labute approximate surface area is 116 Å². The number of hydrogen-bond acceptors (Lipinski definition) is 2. The summed E-state index contributed by atoms with van der Waals surface area (Å²) in [6.07, 6.45) is 0. The van der Waals surface area contributed by atoms with Crippen LogP contribution < -0.4 is 4.74 Å². The van der Waals surface area contributed by atoms with Crippen LogP contribution in [0.3, 0.4) is 0 Å². The molecule has 0 unspecified atom stereocenters. The third-order valence-electron chi connectivity index (χ3n) is 3.02. The van der Waals surface area contributed by atoms with Crippen molar-refractivity contribution in [1.29, 1.82) is 0 Å². The molecule has 0 aliphatic rings. The zero-order chi connectivity index (χ0) is 13.2. The Bertz CT molecular complexity index is 716. The van der Waals surface area contributed by atoms with Gasteiger partial charge in [0.25, 0.3) is 0 Å². The van der Waals surface area contributed by atoms with Gasteiger partial charge in [0.15, 0.2) is 0 Å². The summed E-state index contributed by atoms with van der Waals surface area (Å²) in [7, 11) is 0. The van der Waals surface area contributed by atoms with Gasteiger partial charge >= 0.3 is 0 Å². The highest BCUT2D eigenvalue weighted by atomic mass is 35.5. The largest absolute Gasteiger partial charge is 0.485 e. The number of para-hydroxylation sites is 1. The molecule has 0 aliphatic heterocycles. The number of halogens is 1. The van der Waals surface area contributed by atoms with Crippen LogP contribution in [0.2, 0.25) is 5.02 Å². The molecule has 1 aromatic heterocycles. The number of rotatable bonds is 3. The Morgan fingerprint density at radius 1 is 1.11 bits per heavy atom. The van der Waals surface area contributed by atoms with Crippen LogP contribution in [0, 0.1) is 6.92 Å². The second kappa shape index (κ2) is 4.98. The molecule has 2 aromatic carbocycles. The van der Waals surface area contributed by atoms with Gasteiger partial charge in [-0.15, -0.1) is 0 Å². The molecule has 0 saturated carbocycles. The van der Waals surface area contributed by atoms with E-state index in [0.29, 0.717) is 11.6 Å². The van der Waals surface area contributed by atoms with Gasteiger partial charge in [-0.25, -0.2) is 0 Å². The second-order valence-electron chi connectivity index (χ2n) is 4.42. The molecule has 0 bridgehead atoms. The summed E-state index contributed by atoms with van der Waals surface area (Å²) in [5.74, 6) is 1.64. The second-order valence-corrected chi connectivity index (χ2v) is 4.83. The van der Waals surface area contributed by atoms with Crippen molar-refractivity contribution in [2.45, 2.75) is 13.5 Å². The van der Waals surface area contributed by atoms with Crippen LogP contribution in [-0.2, 0) is 6.61 Å². The van der Waals surface area contributed by atoms with Crippen LogP contribution in [0.4, 0.5) is 0 Å². The number of benzene rings is 2. The summed E-state index contributed by atoms with van der Waals surface area (Å²) >= 11 is 6.11. The van der Waals surface area contributed by atoms with E-state index < -0.39 is 0 Å². The van der Waals surface area contributed by atoms with Crippen LogP contribution in [0.5, 0.6) is 5.75 Å². The first-order valence-corrected chi connectivity index (χ1v) is 6.47. The lowest BCUT2D eigenvalue weighted by molar-refractivity contribution is 0.273. The summed E-state index contributed by atoms with van der Waals surface area (Å²) < 4.78 is 11.5. The molecule has 19 heavy (non-hydrogen) atoms. The van der Waals surface area contributed by atoms with Gasteiger partial charge in [0.1, 0.15) is 23.7 Å². The van der Waals surface area contributed by atoms with E-state index in [2.05, 4.69) is 0 Å². The van der Waals surface area contributed by atoms with E-state index in [4.69, 9.17) is 20.8 Å². The number of ether oxygens (including phenoxy) is 1. The van der Waals surface area contributed by atoms with E-state index in [1.165, 1.54) is 0 Å². The zero-order valence-corrected chi connectivity index (χ0v) is 11.3. The third-order valence-corrected chi connectivity index (χ3v) is 3.35. The Kier molecular flexibility index (Phi) is 3.18. The average Bonchev–Trinajstić information content (AvgIpc) is 2.82. The standard InChI is InChI=1S/C16H13ClO2/c1-11-5-2-3-7-15(11)18-10-12-9-13-14(17)6-4-8-16(13)19-12/h2-9H,10H2,1H3. The van der Waals surface area contributed by atoms with Crippen molar-refractivity contribution >= 4 is 22.6 Å². The SMILES string of the molecule is Cc1ccccc1OCc1cc2c(Cl)cccc2o1. The minimum Gasteiger partial charge on any atom is -0.485 e. The number of aryl methyl sites for hydroxylation is 1. The van der Waals surface area contributed by atoms with Gasteiger partial charge in [-0.3, -0.25) is 0 Å². The highest BCUT2D eigenvalue weighted by Gasteiger charge is 2.07. The van der Waals surface area contributed by atoms with Gasteiger partial charge in [0.05, 0.1) is 5.02 Å². The molecule has 0 fully saturated rings. The van der Waals surface area contributed by atoms with E-state index in [9.17, 15) is 0 Å². The molecule has 96 valence electrons. The Hall–Kier alpha value is -1.93. The molecular weight excluding hydrogens is 260 g/mol. The summed E-state index contributed by atoms with van der Waals surface area (Å²) in [5.41, 5.74) is 1.90. The molecule has 0 amide bonds. The number of hydrogen-bond donors (Lipinski definition) is 0. The van der Waals surface area contributed by atoms with Crippen LogP contribution in [0.25, 0.3) is 11.0 Å². The molecule has 0 aliphatic carbocycles. The molecule has 0 atom stereocenters. The summed E-state index contributed by atoms with van der Waals surface area (Å²) in [5, 5.41) is 1.62. The molecule has 1 heterocycles. The topological polar surface area (TPSA) is 22.4 Å². The predicted molar refractivity (Wildman–Crippen MR) is 76.7 cm³/mol. The van der Waals surface area contributed by atoms with Gasteiger partial charge in [-0.2, -0.15) is 0 Å². The molecule has 3 rings (SSSR count). The smallest absolute Gasteiger partial charge is 0.146 e. The fraction of sp³-hybridized carbons (Fsp3) is 0.125. The van der Waals surface area contributed by atoms with Crippen LogP contribution >= 0.6 is 11.6 Å². The normalized spacial score (nSPS) is 10.8. The maximum Gasteiger partial charge on any atom is 0.146 e. The average molecular weight is 273 g/mol. The van der Waals surface area contributed by atoms with E-state index in [1.807, 2.05) is 55.5 Å². The Morgan fingerprint density at radius 2 is 1.95 bits per heavy atom. The molecule has 0 radical (unpaired) electrons. The van der Waals surface area contributed by atoms with Crippen molar-refractivity contribution < 1.29 is 9.15 Å². The third kappa shape index (κ3) is 2.45. The lowest BCUT2D eigenvalue weighted by Gasteiger charge is -2.06. The first-order valence-electron chi connectivity index (χ1n) is 6.09. The van der Waals surface area contributed by atoms with Gasteiger partial charge in [-0.1, -0.05) is 35.9 Å². The van der Waals surface area contributed by atoms with Crippen LogP contribution in [0.15, 0.2) is 52.9 Å². The Morgan fingerprint density at radius 3 is 2.74 bits per heavy atom. The van der Waals surface area contributed by atoms with E-state index in [1.54, 1.807) is 0 Å². The van der Waals surface area contributed by atoms with E-state index >= 15 is 0 Å². The number of furan rings is 1. The fourth-order valence-corrected chi connectivity index (χ4v) is 2.24. The first kappa shape index (κ1) is 12.1. The summed E-state index contributed by atoms with van der Waals surface area (Å²) in [4.78, 5) is 0.